The van der Waals surface area contributed by atoms with Crippen LogP contribution in [-0.4, -0.2) is 5.78 Å². The lowest BCUT2D eigenvalue weighted by Crippen LogP contribution is -1.99. The Morgan fingerprint density at radius 3 is 2.22 bits per heavy atom. The van der Waals surface area contributed by atoms with Gasteiger partial charge in [-0.1, -0.05) is 15.9 Å². The second-order valence-electron chi connectivity index (χ2n) is 4.13. The zero-order valence-electron chi connectivity index (χ0n) is 10.2. The van der Waals surface area contributed by atoms with Crippen LogP contribution in [0.3, 0.4) is 0 Å². The van der Waals surface area contributed by atoms with Crippen molar-refractivity contribution < 1.29 is 9.53 Å². The summed E-state index contributed by atoms with van der Waals surface area (Å²) >= 11 is 3.35. The Morgan fingerprint density at radius 1 is 1.11 bits per heavy atom. The highest BCUT2D eigenvalue weighted by Gasteiger charge is 2.07. The number of halogens is 1. The summed E-state index contributed by atoms with van der Waals surface area (Å²) in [6, 6.07) is 7.32. The molecule has 18 heavy (non-hydrogen) atoms. The van der Waals surface area contributed by atoms with Crippen LogP contribution in [0.2, 0.25) is 0 Å². The molecule has 0 bridgehead atoms. The molecule has 1 aromatic carbocycles. The van der Waals surface area contributed by atoms with E-state index in [1.807, 2.05) is 38.1 Å². The molecule has 92 valence electrons. The van der Waals surface area contributed by atoms with Crippen molar-refractivity contribution in [3.05, 3.63) is 69.6 Å². The van der Waals surface area contributed by atoms with Gasteiger partial charge in [-0.25, -0.2) is 0 Å². The molecule has 0 unspecified atom stereocenters. The molecule has 1 aromatic rings. The van der Waals surface area contributed by atoms with Crippen molar-refractivity contribution in [3.63, 3.8) is 0 Å². The first-order chi connectivity index (χ1) is 8.54. The lowest BCUT2D eigenvalue weighted by atomic mass is 10.1. The fourth-order valence-electron chi connectivity index (χ4n) is 1.76. The number of ether oxygens (including phenoxy) is 1. The van der Waals surface area contributed by atoms with Gasteiger partial charge in [0.2, 0.25) is 0 Å². The molecular formula is C15H13BrO2. The van der Waals surface area contributed by atoms with E-state index < -0.39 is 0 Å². The average Bonchev–Trinajstić information content (AvgIpc) is 2.28. The predicted octanol–water partition coefficient (Wildman–Crippen LogP) is 4.40. The van der Waals surface area contributed by atoms with Crippen molar-refractivity contribution in [1.82, 2.24) is 0 Å². The molecule has 1 heterocycles. The summed E-state index contributed by atoms with van der Waals surface area (Å²) in [6.07, 6.45) is 5.33. The fourth-order valence-corrected chi connectivity index (χ4v) is 2.02. The van der Waals surface area contributed by atoms with Gasteiger partial charge in [0.05, 0.1) is 0 Å². The van der Waals surface area contributed by atoms with E-state index in [0.29, 0.717) is 5.56 Å². The van der Waals surface area contributed by atoms with Crippen LogP contribution < -0.4 is 0 Å². The molecule has 1 aliphatic heterocycles. The lowest BCUT2D eigenvalue weighted by Gasteiger charge is -2.12. The van der Waals surface area contributed by atoms with Gasteiger partial charge < -0.3 is 4.74 Å². The highest BCUT2D eigenvalue weighted by atomic mass is 79.9. The van der Waals surface area contributed by atoms with E-state index >= 15 is 0 Å². The normalized spacial score (nSPS) is 14.5. The van der Waals surface area contributed by atoms with E-state index in [-0.39, 0.29) is 5.78 Å². The molecule has 0 spiro atoms. The van der Waals surface area contributed by atoms with Gasteiger partial charge in [-0.05, 0) is 61.9 Å². The summed E-state index contributed by atoms with van der Waals surface area (Å²) < 4.78 is 6.35. The number of carbonyl (C=O) groups is 1. The quantitative estimate of drug-likeness (QED) is 0.598. The summed E-state index contributed by atoms with van der Waals surface area (Å²) in [6.45, 7) is 3.74. The number of hydrogen-bond acceptors (Lipinski definition) is 2. The first-order valence-corrected chi connectivity index (χ1v) is 6.40. The smallest absolute Gasteiger partial charge is 0.186 e. The Bertz CT molecular complexity index is 543. The van der Waals surface area contributed by atoms with Crippen molar-refractivity contribution in [1.29, 1.82) is 0 Å². The van der Waals surface area contributed by atoms with Crippen molar-refractivity contribution in [2.75, 3.05) is 0 Å². The van der Waals surface area contributed by atoms with Gasteiger partial charge in [-0.15, -0.1) is 0 Å². The van der Waals surface area contributed by atoms with Crippen molar-refractivity contribution in [2.45, 2.75) is 13.8 Å². The van der Waals surface area contributed by atoms with Gasteiger partial charge in [0, 0.05) is 10.0 Å². The summed E-state index contributed by atoms with van der Waals surface area (Å²) in [5, 5.41) is 0. The molecule has 1 aliphatic rings. The van der Waals surface area contributed by atoms with E-state index in [4.69, 9.17) is 4.74 Å². The molecule has 0 atom stereocenters. The molecule has 2 rings (SSSR count). The standard InChI is InChI=1S/C15H13BrO2/c1-10-7-12(8-11(2)18-10)9-15(17)13-3-5-14(16)6-4-13/h3-9H,1-2H3. The van der Waals surface area contributed by atoms with Gasteiger partial charge >= 0.3 is 0 Å². The Kier molecular flexibility index (Phi) is 3.82. The number of ketones is 1. The van der Waals surface area contributed by atoms with Crippen LogP contribution in [0.5, 0.6) is 0 Å². The minimum Gasteiger partial charge on any atom is -0.467 e. The number of rotatable bonds is 2. The van der Waals surface area contributed by atoms with Gasteiger partial charge in [0.25, 0.3) is 0 Å². The van der Waals surface area contributed by atoms with Crippen LogP contribution in [-0.2, 0) is 4.74 Å². The SMILES string of the molecule is CC1=CC(=CC(=O)c2ccc(Br)cc2)C=C(C)O1. The molecule has 0 aliphatic carbocycles. The highest BCUT2D eigenvalue weighted by molar-refractivity contribution is 9.10. The maximum absolute atomic E-state index is 12.0. The lowest BCUT2D eigenvalue weighted by molar-refractivity contribution is 0.104. The summed E-state index contributed by atoms with van der Waals surface area (Å²) in [7, 11) is 0. The van der Waals surface area contributed by atoms with Gasteiger partial charge in [-0.3, -0.25) is 4.79 Å². The van der Waals surface area contributed by atoms with E-state index in [0.717, 1.165) is 21.6 Å². The average molecular weight is 305 g/mol. The number of carbonyl (C=O) groups excluding carboxylic acids is 1. The Morgan fingerprint density at radius 2 is 1.67 bits per heavy atom. The van der Waals surface area contributed by atoms with Crippen molar-refractivity contribution in [2.24, 2.45) is 0 Å². The van der Waals surface area contributed by atoms with E-state index in [1.54, 1.807) is 18.2 Å². The zero-order valence-corrected chi connectivity index (χ0v) is 11.8. The first-order valence-electron chi connectivity index (χ1n) is 5.60. The fraction of sp³-hybridized carbons (Fsp3) is 0.133. The van der Waals surface area contributed by atoms with Crippen LogP contribution in [0.25, 0.3) is 0 Å². The van der Waals surface area contributed by atoms with Crippen molar-refractivity contribution in [3.8, 4) is 0 Å². The molecular weight excluding hydrogens is 292 g/mol. The molecule has 0 saturated heterocycles. The molecule has 2 nitrogen and oxygen atoms in total. The second kappa shape index (κ2) is 5.36. The molecule has 0 fully saturated rings. The molecule has 0 aromatic heterocycles. The minimum atomic E-state index is -0.00694. The third-order valence-electron chi connectivity index (χ3n) is 2.49. The molecule has 0 radical (unpaired) electrons. The maximum Gasteiger partial charge on any atom is 0.186 e. The molecule has 3 heteroatoms. The van der Waals surface area contributed by atoms with Gasteiger partial charge in [-0.2, -0.15) is 0 Å². The van der Waals surface area contributed by atoms with Crippen LogP contribution >= 0.6 is 15.9 Å². The number of benzene rings is 1. The number of allylic oxidation sites excluding steroid dienone is 6. The van der Waals surface area contributed by atoms with Gasteiger partial charge in [0.15, 0.2) is 5.78 Å². The largest absolute Gasteiger partial charge is 0.467 e. The highest BCUT2D eigenvalue weighted by Crippen LogP contribution is 2.19. The molecule has 0 saturated carbocycles. The molecule has 0 amide bonds. The predicted molar refractivity (Wildman–Crippen MR) is 75.2 cm³/mol. The third-order valence-corrected chi connectivity index (χ3v) is 3.02. The third kappa shape index (κ3) is 3.20. The second-order valence-corrected chi connectivity index (χ2v) is 5.04. The van der Waals surface area contributed by atoms with E-state index in [1.165, 1.54) is 0 Å². The monoisotopic (exact) mass is 304 g/mol. The van der Waals surface area contributed by atoms with Crippen LogP contribution in [0, 0.1) is 0 Å². The van der Waals surface area contributed by atoms with E-state index in [9.17, 15) is 4.79 Å². The number of hydrogen-bond donors (Lipinski definition) is 0. The molecule has 0 N–H and O–H groups in total. The van der Waals surface area contributed by atoms with Crippen LogP contribution in [0.4, 0.5) is 0 Å². The summed E-state index contributed by atoms with van der Waals surface area (Å²) in [4.78, 5) is 12.0. The summed E-state index contributed by atoms with van der Waals surface area (Å²) in [5.74, 6) is 1.59. The Labute approximate surface area is 115 Å². The Hall–Kier alpha value is -1.61. The van der Waals surface area contributed by atoms with Crippen LogP contribution in [0.15, 0.2) is 64.1 Å². The Balaban J connectivity index is 2.25. The maximum atomic E-state index is 12.0. The summed E-state index contributed by atoms with van der Waals surface area (Å²) in [5.41, 5.74) is 1.54. The minimum absolute atomic E-state index is 0.00694. The van der Waals surface area contributed by atoms with E-state index in [2.05, 4.69) is 15.9 Å². The zero-order chi connectivity index (χ0) is 13.1. The topological polar surface area (TPSA) is 26.3 Å². The van der Waals surface area contributed by atoms with Gasteiger partial charge in [0.1, 0.15) is 11.5 Å². The van der Waals surface area contributed by atoms with Crippen LogP contribution in [0.1, 0.15) is 24.2 Å². The first kappa shape index (κ1) is 12.8. The van der Waals surface area contributed by atoms with Crippen molar-refractivity contribution >= 4 is 21.7 Å².